The van der Waals surface area contributed by atoms with E-state index >= 15 is 0 Å². The van der Waals surface area contributed by atoms with Crippen LogP contribution in [0.25, 0.3) is 0 Å². The van der Waals surface area contributed by atoms with Gasteiger partial charge >= 0.3 is 0 Å². The second-order valence-corrected chi connectivity index (χ2v) is 5.58. The fraction of sp³-hybridized carbons (Fsp3) is 0.500. The Balaban J connectivity index is 1.49. The van der Waals surface area contributed by atoms with Crippen LogP contribution in [0.15, 0.2) is 29.5 Å². The topological polar surface area (TPSA) is 37.3 Å². The van der Waals surface area contributed by atoms with Crippen LogP contribution in [-0.2, 0) is 6.54 Å². The van der Waals surface area contributed by atoms with Gasteiger partial charge in [0, 0.05) is 24.2 Å². The minimum absolute atomic E-state index is 0.747. The molecular formula is C12H15N3S. The van der Waals surface area contributed by atoms with Gasteiger partial charge in [0.1, 0.15) is 0 Å². The molecular weight excluding hydrogens is 218 g/mol. The zero-order valence-corrected chi connectivity index (χ0v) is 9.91. The van der Waals surface area contributed by atoms with Crippen LogP contribution >= 0.6 is 11.8 Å². The van der Waals surface area contributed by atoms with Crippen LogP contribution in [0.4, 0.5) is 0 Å². The monoisotopic (exact) mass is 233 g/mol. The van der Waals surface area contributed by atoms with E-state index in [1.807, 2.05) is 24.0 Å². The number of nitrogens with zero attached hydrogens (tertiary/aromatic N) is 2. The predicted molar refractivity (Wildman–Crippen MR) is 67.5 cm³/mol. The highest BCUT2D eigenvalue weighted by Crippen LogP contribution is 2.41. The van der Waals surface area contributed by atoms with Gasteiger partial charge in [-0.25, -0.2) is 0 Å². The van der Waals surface area contributed by atoms with Crippen LogP contribution in [-0.4, -0.2) is 21.9 Å². The van der Waals surface area contributed by atoms with E-state index in [4.69, 9.17) is 0 Å². The van der Waals surface area contributed by atoms with Crippen molar-refractivity contribution in [1.29, 1.82) is 0 Å². The first kappa shape index (κ1) is 10.1. The van der Waals surface area contributed by atoms with Crippen LogP contribution in [0.2, 0.25) is 0 Å². The predicted octanol–water partition coefficient (Wildman–Crippen LogP) is 2.05. The van der Waals surface area contributed by atoms with Crippen molar-refractivity contribution in [2.75, 3.05) is 6.54 Å². The molecule has 2 heterocycles. The van der Waals surface area contributed by atoms with Crippen LogP contribution < -0.4 is 5.32 Å². The molecule has 1 aliphatic heterocycles. The number of hydrogen-bond donors (Lipinski definition) is 1. The van der Waals surface area contributed by atoms with E-state index < -0.39 is 0 Å². The molecule has 1 atom stereocenters. The third kappa shape index (κ3) is 2.38. The third-order valence-electron chi connectivity index (χ3n) is 2.99. The Labute approximate surface area is 99.8 Å². The molecule has 1 N–H and O–H groups in total. The van der Waals surface area contributed by atoms with Gasteiger partial charge in [-0.05, 0) is 30.4 Å². The maximum Gasteiger partial charge on any atom is 0.157 e. The zero-order chi connectivity index (χ0) is 10.8. The molecule has 1 unspecified atom stereocenters. The maximum absolute atomic E-state index is 4.54. The van der Waals surface area contributed by atoms with Crippen molar-refractivity contribution in [3.63, 3.8) is 0 Å². The summed E-state index contributed by atoms with van der Waals surface area (Å²) in [7, 11) is 0. The van der Waals surface area contributed by atoms with Crippen molar-refractivity contribution in [2.24, 2.45) is 10.9 Å². The zero-order valence-electron chi connectivity index (χ0n) is 9.10. The lowest BCUT2D eigenvalue weighted by Gasteiger charge is -2.07. The first-order valence-corrected chi connectivity index (χ1v) is 6.63. The summed E-state index contributed by atoms with van der Waals surface area (Å²) in [6.07, 6.45) is 6.51. The van der Waals surface area contributed by atoms with Crippen LogP contribution in [0, 0.1) is 5.92 Å². The quantitative estimate of drug-likeness (QED) is 0.868. The molecule has 2 aliphatic rings. The lowest BCUT2D eigenvalue weighted by Crippen LogP contribution is -2.19. The summed E-state index contributed by atoms with van der Waals surface area (Å²) in [6, 6.07) is 4.05. The summed E-state index contributed by atoms with van der Waals surface area (Å²) >= 11 is 1.92. The summed E-state index contributed by atoms with van der Waals surface area (Å²) in [5, 5.41) is 5.24. The fourth-order valence-electron chi connectivity index (χ4n) is 1.88. The van der Waals surface area contributed by atoms with E-state index in [0.29, 0.717) is 0 Å². The van der Waals surface area contributed by atoms with Gasteiger partial charge in [-0.2, -0.15) is 0 Å². The second kappa shape index (κ2) is 4.45. The molecule has 1 fully saturated rings. The number of pyridine rings is 1. The van der Waals surface area contributed by atoms with E-state index in [2.05, 4.69) is 21.4 Å². The highest BCUT2D eigenvalue weighted by molar-refractivity contribution is 8.14. The molecule has 3 rings (SSSR count). The Bertz CT molecular complexity index is 387. The van der Waals surface area contributed by atoms with Crippen molar-refractivity contribution >= 4 is 16.9 Å². The lowest BCUT2D eigenvalue weighted by atomic mass is 10.3. The molecule has 0 spiro atoms. The van der Waals surface area contributed by atoms with E-state index in [9.17, 15) is 0 Å². The number of thioether (sulfide) groups is 1. The average molecular weight is 233 g/mol. The summed E-state index contributed by atoms with van der Waals surface area (Å²) < 4.78 is 0. The smallest absolute Gasteiger partial charge is 0.157 e. The highest BCUT2D eigenvalue weighted by atomic mass is 32.2. The lowest BCUT2D eigenvalue weighted by molar-refractivity contribution is 0.772. The molecule has 84 valence electrons. The van der Waals surface area contributed by atoms with E-state index in [0.717, 1.165) is 29.4 Å². The minimum Gasteiger partial charge on any atom is -0.361 e. The fourth-order valence-corrected chi connectivity index (χ4v) is 3.09. The maximum atomic E-state index is 4.54. The first-order chi connectivity index (χ1) is 7.92. The summed E-state index contributed by atoms with van der Waals surface area (Å²) in [5.41, 5.74) is 1.21. The van der Waals surface area contributed by atoms with Gasteiger partial charge in [-0.3, -0.25) is 9.98 Å². The summed E-state index contributed by atoms with van der Waals surface area (Å²) in [6.45, 7) is 1.84. The highest BCUT2D eigenvalue weighted by Gasteiger charge is 2.35. The van der Waals surface area contributed by atoms with Gasteiger partial charge in [0.25, 0.3) is 0 Å². The van der Waals surface area contributed by atoms with Gasteiger partial charge in [-0.15, -0.1) is 0 Å². The van der Waals surface area contributed by atoms with E-state index in [1.165, 1.54) is 18.4 Å². The Kier molecular flexibility index (Phi) is 2.82. The number of aromatic nitrogens is 1. The molecule has 0 aromatic carbocycles. The van der Waals surface area contributed by atoms with Crippen molar-refractivity contribution in [3.05, 3.63) is 30.1 Å². The number of nitrogens with one attached hydrogen (secondary N) is 1. The molecule has 4 heteroatoms. The number of hydrogen-bond acceptors (Lipinski definition) is 4. The average Bonchev–Trinajstić information content (AvgIpc) is 3.08. The molecule has 0 amide bonds. The molecule has 1 aromatic rings. The van der Waals surface area contributed by atoms with E-state index in [1.54, 1.807) is 6.20 Å². The van der Waals surface area contributed by atoms with Crippen LogP contribution in [0.3, 0.4) is 0 Å². The third-order valence-corrected chi connectivity index (χ3v) is 4.33. The Hall–Kier alpha value is -1.03. The van der Waals surface area contributed by atoms with Crippen molar-refractivity contribution < 1.29 is 0 Å². The molecule has 3 nitrogen and oxygen atoms in total. The largest absolute Gasteiger partial charge is 0.361 e. The van der Waals surface area contributed by atoms with Crippen molar-refractivity contribution in [2.45, 2.75) is 24.6 Å². The van der Waals surface area contributed by atoms with Gasteiger partial charge in [0.2, 0.25) is 0 Å². The number of amidine groups is 1. The first-order valence-electron chi connectivity index (χ1n) is 5.76. The standard InChI is InChI=1S/C12H15N3S/c1-2-9(6-13-5-1)7-14-12-15-8-11(16-12)10-3-4-10/h1-2,5-6,10-11H,3-4,7-8H2,(H,14,15). The Morgan fingerprint density at radius 1 is 1.44 bits per heavy atom. The molecule has 1 saturated carbocycles. The molecule has 1 aliphatic carbocycles. The number of rotatable bonds is 3. The summed E-state index contributed by atoms with van der Waals surface area (Å²) in [4.78, 5) is 8.64. The van der Waals surface area contributed by atoms with Gasteiger partial charge < -0.3 is 5.32 Å². The molecule has 0 radical (unpaired) electrons. The van der Waals surface area contributed by atoms with Gasteiger partial charge in [0.15, 0.2) is 5.17 Å². The molecule has 1 aromatic heterocycles. The molecule has 0 bridgehead atoms. The van der Waals surface area contributed by atoms with Crippen LogP contribution in [0.5, 0.6) is 0 Å². The normalized spacial score (nSPS) is 24.2. The Morgan fingerprint density at radius 3 is 3.12 bits per heavy atom. The van der Waals surface area contributed by atoms with Crippen LogP contribution in [0.1, 0.15) is 18.4 Å². The van der Waals surface area contributed by atoms with E-state index in [-0.39, 0.29) is 0 Å². The second-order valence-electron chi connectivity index (χ2n) is 4.35. The summed E-state index contributed by atoms with van der Waals surface area (Å²) in [5.74, 6) is 0.937. The molecule has 0 saturated heterocycles. The molecule has 16 heavy (non-hydrogen) atoms. The number of aliphatic imine (C=N–C) groups is 1. The van der Waals surface area contributed by atoms with Crippen molar-refractivity contribution in [1.82, 2.24) is 10.3 Å². The minimum atomic E-state index is 0.747. The van der Waals surface area contributed by atoms with Gasteiger partial charge in [0.05, 0.1) is 6.54 Å². The Morgan fingerprint density at radius 2 is 2.38 bits per heavy atom. The van der Waals surface area contributed by atoms with Crippen molar-refractivity contribution in [3.8, 4) is 0 Å². The SMILES string of the molecule is c1cncc(CNC2=NCC(C3CC3)S2)c1. The van der Waals surface area contributed by atoms with Gasteiger partial charge in [-0.1, -0.05) is 17.8 Å².